The van der Waals surface area contributed by atoms with Gasteiger partial charge in [0.15, 0.2) is 5.65 Å². The van der Waals surface area contributed by atoms with Crippen LogP contribution in [0.2, 0.25) is 5.15 Å². The van der Waals surface area contributed by atoms with Gasteiger partial charge in [0, 0.05) is 23.9 Å². The fourth-order valence-electron chi connectivity index (χ4n) is 3.66. The first-order valence-electron chi connectivity index (χ1n) is 9.74. The molecule has 0 unspecified atom stereocenters. The summed E-state index contributed by atoms with van der Waals surface area (Å²) in [5, 5.41) is 6.23. The molecule has 29 heavy (non-hydrogen) atoms. The zero-order valence-electron chi connectivity index (χ0n) is 15.9. The number of hydrogen-bond donors (Lipinski definition) is 2. The molecule has 1 aliphatic carbocycles. The van der Waals surface area contributed by atoms with E-state index in [-0.39, 0.29) is 18.4 Å². The van der Waals surface area contributed by atoms with Crippen LogP contribution in [0.15, 0.2) is 42.9 Å². The van der Waals surface area contributed by atoms with Crippen molar-refractivity contribution < 1.29 is 9.59 Å². The Morgan fingerprint density at radius 3 is 2.62 bits per heavy atom. The Balaban J connectivity index is 1.31. The van der Waals surface area contributed by atoms with Crippen LogP contribution in [0.25, 0.3) is 5.65 Å². The van der Waals surface area contributed by atoms with Gasteiger partial charge in [-0.25, -0.2) is 4.98 Å². The number of amides is 2. The second kappa shape index (κ2) is 8.61. The lowest BCUT2D eigenvalue weighted by atomic mass is 10.0. The number of carbonyl (C=O) groups is 2. The number of anilines is 1. The molecule has 0 spiro atoms. The molecule has 150 valence electrons. The van der Waals surface area contributed by atoms with Gasteiger partial charge in [-0.3, -0.25) is 19.0 Å². The first-order valence-corrected chi connectivity index (χ1v) is 10.1. The normalized spacial score (nSPS) is 14.2. The molecule has 1 fully saturated rings. The van der Waals surface area contributed by atoms with E-state index in [1.807, 2.05) is 0 Å². The highest BCUT2D eigenvalue weighted by Gasteiger charge is 2.18. The van der Waals surface area contributed by atoms with Crippen molar-refractivity contribution in [2.75, 3.05) is 5.32 Å². The Bertz CT molecular complexity index is 1030. The van der Waals surface area contributed by atoms with Gasteiger partial charge in [-0.1, -0.05) is 24.4 Å². The highest BCUT2D eigenvalue weighted by atomic mass is 35.5. The van der Waals surface area contributed by atoms with Crippen LogP contribution in [0.5, 0.6) is 0 Å². The maximum Gasteiger partial charge on any atom is 0.251 e. The standard InChI is InChI=1S/C21H22ClN5O2/c22-18-11-24-19-12-23-17(13-27(18)19)10-25-21(29)15-5-7-16(8-6-15)26-20(28)9-14-3-1-2-4-14/h5-8,11-14H,1-4,9-10H2,(H,25,29)(H,26,28). The van der Waals surface area contributed by atoms with Crippen LogP contribution in [-0.2, 0) is 11.3 Å². The third-order valence-corrected chi connectivity index (χ3v) is 5.49. The first-order chi connectivity index (χ1) is 14.1. The van der Waals surface area contributed by atoms with Gasteiger partial charge in [0.05, 0.1) is 24.6 Å². The third kappa shape index (κ3) is 4.74. The lowest BCUT2D eigenvalue weighted by molar-refractivity contribution is -0.117. The minimum atomic E-state index is -0.215. The van der Waals surface area contributed by atoms with E-state index in [0.29, 0.717) is 40.1 Å². The molecule has 1 saturated carbocycles. The van der Waals surface area contributed by atoms with Gasteiger partial charge in [-0.05, 0) is 43.0 Å². The summed E-state index contributed by atoms with van der Waals surface area (Å²) >= 11 is 6.06. The van der Waals surface area contributed by atoms with E-state index < -0.39 is 0 Å². The molecule has 2 N–H and O–H groups in total. The van der Waals surface area contributed by atoms with Crippen LogP contribution >= 0.6 is 11.6 Å². The van der Waals surface area contributed by atoms with Crippen LogP contribution in [0.1, 0.15) is 48.2 Å². The number of hydrogen-bond acceptors (Lipinski definition) is 4. The van der Waals surface area contributed by atoms with Gasteiger partial charge in [0.25, 0.3) is 5.91 Å². The molecule has 0 saturated heterocycles. The number of nitrogens with one attached hydrogen (secondary N) is 2. The number of aromatic nitrogens is 3. The molecule has 2 heterocycles. The average molecular weight is 412 g/mol. The Morgan fingerprint density at radius 1 is 1.10 bits per heavy atom. The van der Waals surface area contributed by atoms with Gasteiger partial charge in [0.2, 0.25) is 5.91 Å². The second-order valence-corrected chi connectivity index (χ2v) is 7.74. The zero-order chi connectivity index (χ0) is 20.2. The molecule has 8 heteroatoms. The Kier molecular flexibility index (Phi) is 5.76. The molecule has 1 aromatic carbocycles. The quantitative estimate of drug-likeness (QED) is 0.645. The zero-order valence-corrected chi connectivity index (χ0v) is 16.7. The smallest absolute Gasteiger partial charge is 0.251 e. The van der Waals surface area contributed by atoms with Crippen molar-refractivity contribution in [3.63, 3.8) is 0 Å². The summed E-state index contributed by atoms with van der Waals surface area (Å²) in [4.78, 5) is 32.9. The monoisotopic (exact) mass is 411 g/mol. The van der Waals surface area contributed by atoms with E-state index in [9.17, 15) is 9.59 Å². The summed E-state index contributed by atoms with van der Waals surface area (Å²) in [5.41, 5.74) is 2.53. The summed E-state index contributed by atoms with van der Waals surface area (Å²) in [7, 11) is 0. The summed E-state index contributed by atoms with van der Waals surface area (Å²) in [6, 6.07) is 6.89. The van der Waals surface area contributed by atoms with Crippen molar-refractivity contribution in [2.45, 2.75) is 38.6 Å². The molecule has 2 aromatic heterocycles. The molecular formula is C21H22ClN5O2. The Labute approximate surface area is 173 Å². The van der Waals surface area contributed by atoms with Gasteiger partial charge >= 0.3 is 0 Å². The molecule has 0 radical (unpaired) electrons. The minimum Gasteiger partial charge on any atom is -0.346 e. The number of halogens is 1. The SMILES string of the molecule is O=C(CC1CCCC1)Nc1ccc(C(=O)NCc2cn3c(Cl)cnc3cn2)cc1. The molecule has 0 bridgehead atoms. The molecule has 1 aliphatic rings. The van der Waals surface area contributed by atoms with Crippen LogP contribution in [0, 0.1) is 5.92 Å². The summed E-state index contributed by atoms with van der Waals surface area (Å²) in [6.07, 6.45) is 10.2. The first kappa shape index (κ1) is 19.4. The maximum atomic E-state index is 12.4. The molecule has 0 aliphatic heterocycles. The van der Waals surface area contributed by atoms with E-state index in [1.54, 1.807) is 47.3 Å². The Morgan fingerprint density at radius 2 is 1.86 bits per heavy atom. The molecule has 3 aromatic rings. The maximum absolute atomic E-state index is 12.4. The van der Waals surface area contributed by atoms with Crippen molar-refractivity contribution in [3.8, 4) is 0 Å². The lowest BCUT2D eigenvalue weighted by Crippen LogP contribution is -2.23. The molecule has 4 rings (SSSR count). The minimum absolute atomic E-state index is 0.0359. The van der Waals surface area contributed by atoms with E-state index in [0.717, 1.165) is 12.8 Å². The highest BCUT2D eigenvalue weighted by Crippen LogP contribution is 2.27. The van der Waals surface area contributed by atoms with Crippen molar-refractivity contribution in [1.82, 2.24) is 19.7 Å². The fourth-order valence-corrected chi connectivity index (χ4v) is 3.84. The van der Waals surface area contributed by atoms with Crippen molar-refractivity contribution in [2.24, 2.45) is 5.92 Å². The summed E-state index contributed by atoms with van der Waals surface area (Å²) in [6.45, 7) is 0.267. The van der Waals surface area contributed by atoms with Gasteiger partial charge < -0.3 is 10.6 Å². The largest absolute Gasteiger partial charge is 0.346 e. The number of carbonyl (C=O) groups excluding carboxylic acids is 2. The average Bonchev–Trinajstić information content (AvgIpc) is 3.36. The van der Waals surface area contributed by atoms with Gasteiger partial charge in [-0.15, -0.1) is 0 Å². The van der Waals surface area contributed by atoms with E-state index >= 15 is 0 Å². The summed E-state index contributed by atoms with van der Waals surface area (Å²) in [5.74, 6) is 0.325. The molecule has 0 atom stereocenters. The van der Waals surface area contributed by atoms with Crippen molar-refractivity contribution in [3.05, 3.63) is 59.3 Å². The topological polar surface area (TPSA) is 88.4 Å². The van der Waals surface area contributed by atoms with E-state index in [2.05, 4.69) is 20.6 Å². The van der Waals surface area contributed by atoms with Crippen molar-refractivity contribution in [1.29, 1.82) is 0 Å². The number of benzene rings is 1. The number of nitrogens with zero attached hydrogens (tertiary/aromatic N) is 3. The highest BCUT2D eigenvalue weighted by molar-refractivity contribution is 6.29. The second-order valence-electron chi connectivity index (χ2n) is 7.35. The molecule has 7 nitrogen and oxygen atoms in total. The van der Waals surface area contributed by atoms with Crippen LogP contribution < -0.4 is 10.6 Å². The summed E-state index contributed by atoms with van der Waals surface area (Å²) < 4.78 is 1.71. The predicted octanol–water partition coefficient (Wildman–Crippen LogP) is 3.83. The lowest BCUT2D eigenvalue weighted by Gasteiger charge is -2.10. The van der Waals surface area contributed by atoms with Gasteiger partial charge in [0.1, 0.15) is 5.15 Å². The van der Waals surface area contributed by atoms with Crippen molar-refractivity contribution >= 4 is 34.7 Å². The predicted molar refractivity (Wildman–Crippen MR) is 111 cm³/mol. The molecular weight excluding hydrogens is 390 g/mol. The Hall–Kier alpha value is -2.93. The third-order valence-electron chi connectivity index (χ3n) is 5.21. The van der Waals surface area contributed by atoms with Crippen LogP contribution in [0.4, 0.5) is 5.69 Å². The van der Waals surface area contributed by atoms with Crippen LogP contribution in [0.3, 0.4) is 0 Å². The number of rotatable bonds is 6. The number of fused-ring (bicyclic) bond motifs is 1. The van der Waals surface area contributed by atoms with Crippen LogP contribution in [-0.4, -0.2) is 26.2 Å². The van der Waals surface area contributed by atoms with E-state index in [1.165, 1.54) is 12.8 Å². The van der Waals surface area contributed by atoms with Gasteiger partial charge in [-0.2, -0.15) is 0 Å². The van der Waals surface area contributed by atoms with E-state index in [4.69, 9.17) is 11.6 Å². The molecule has 2 amide bonds. The fraction of sp³-hybridized carbons (Fsp3) is 0.333. The number of imidazole rings is 1.